The molecule has 3 aromatic rings. The second kappa shape index (κ2) is 8.67. The Labute approximate surface area is 164 Å². The Hall–Kier alpha value is -3.18. The van der Waals surface area contributed by atoms with Crippen LogP contribution in [0.3, 0.4) is 0 Å². The minimum absolute atomic E-state index is 0.0101. The number of carbonyl (C=O) groups excluding carboxylic acids is 2. The number of amides is 1. The number of carbonyl (C=O) groups is 2. The highest BCUT2D eigenvalue weighted by Gasteiger charge is 2.12. The number of likely N-dealkylation sites (N-methyl/N-ethyl adjacent to an activating group) is 1. The number of Topliss-reactive ketones (excluding diaryl/α,β-unsaturated/α-hetero) is 1. The van der Waals surface area contributed by atoms with Crippen LogP contribution < -0.4 is 15.0 Å². The smallest absolute Gasteiger partial charge is 0.279 e. The van der Waals surface area contributed by atoms with Crippen LogP contribution in [-0.2, 0) is 11.3 Å². The van der Waals surface area contributed by atoms with Crippen molar-refractivity contribution in [3.63, 3.8) is 0 Å². The number of benzene rings is 3. The van der Waals surface area contributed by atoms with E-state index >= 15 is 0 Å². The Kier molecular flexibility index (Phi) is 6.06. The summed E-state index contributed by atoms with van der Waals surface area (Å²) in [5.74, 6) is 0.797. The maximum absolute atomic E-state index is 12.3. The van der Waals surface area contributed by atoms with Crippen LogP contribution >= 0.6 is 0 Å². The van der Waals surface area contributed by atoms with Gasteiger partial charge in [-0.3, -0.25) is 9.59 Å². The quantitative estimate of drug-likeness (QED) is 0.623. The fourth-order valence-corrected chi connectivity index (χ4v) is 3.19. The second-order valence-electron chi connectivity index (χ2n) is 7.04. The summed E-state index contributed by atoms with van der Waals surface area (Å²) in [6.07, 6.45) is 0. The molecule has 1 atom stereocenters. The third kappa shape index (κ3) is 4.96. The van der Waals surface area contributed by atoms with E-state index in [1.165, 1.54) is 12.5 Å². The minimum Gasteiger partial charge on any atom is -0.497 e. The highest BCUT2D eigenvalue weighted by molar-refractivity contribution is 5.95. The standard InChI is InChI=1S/C23H24N2O3/c1-16(26)18-6-9-21(10-7-18)24-23(27)15-25(2)14-17-4-5-20-13-22(28-3)11-8-19(20)12-17/h4-13H,14-15H2,1-3H3,(H,24,27)/p+1. The largest absolute Gasteiger partial charge is 0.497 e. The molecule has 0 radical (unpaired) electrons. The van der Waals surface area contributed by atoms with Crippen LogP contribution in [0.15, 0.2) is 60.7 Å². The van der Waals surface area contributed by atoms with Crippen LogP contribution in [0, 0.1) is 0 Å². The molecule has 5 nitrogen and oxygen atoms in total. The number of ketones is 1. The third-order valence-electron chi connectivity index (χ3n) is 4.66. The van der Waals surface area contributed by atoms with Crippen molar-refractivity contribution in [3.05, 3.63) is 71.8 Å². The lowest BCUT2D eigenvalue weighted by Gasteiger charge is -2.14. The first-order valence-electron chi connectivity index (χ1n) is 9.23. The van der Waals surface area contributed by atoms with Gasteiger partial charge in [0.25, 0.3) is 5.91 Å². The van der Waals surface area contributed by atoms with Gasteiger partial charge in [-0.05, 0) is 60.2 Å². The van der Waals surface area contributed by atoms with Crippen molar-refractivity contribution < 1.29 is 19.2 Å². The number of methoxy groups -OCH3 is 1. The van der Waals surface area contributed by atoms with Crippen LogP contribution in [-0.4, -0.2) is 32.4 Å². The molecule has 5 heteroatoms. The number of quaternary nitrogens is 1. The molecule has 3 aromatic carbocycles. The average Bonchev–Trinajstić information content (AvgIpc) is 2.67. The molecule has 1 unspecified atom stereocenters. The highest BCUT2D eigenvalue weighted by atomic mass is 16.5. The fourth-order valence-electron chi connectivity index (χ4n) is 3.19. The Bertz CT molecular complexity index is 996. The molecule has 0 aliphatic rings. The van der Waals surface area contributed by atoms with E-state index in [4.69, 9.17) is 4.74 Å². The van der Waals surface area contributed by atoms with Crippen LogP contribution in [0.1, 0.15) is 22.8 Å². The number of hydrogen-bond donors (Lipinski definition) is 2. The summed E-state index contributed by atoms with van der Waals surface area (Å²) in [5.41, 5.74) is 2.51. The van der Waals surface area contributed by atoms with Crippen molar-refractivity contribution in [1.82, 2.24) is 0 Å². The van der Waals surface area contributed by atoms with Crippen molar-refractivity contribution in [3.8, 4) is 5.75 Å². The molecule has 0 aromatic heterocycles. The molecular weight excluding hydrogens is 352 g/mol. The van der Waals surface area contributed by atoms with E-state index in [2.05, 4.69) is 23.5 Å². The van der Waals surface area contributed by atoms with E-state index in [1.54, 1.807) is 31.4 Å². The van der Waals surface area contributed by atoms with E-state index in [-0.39, 0.29) is 11.7 Å². The van der Waals surface area contributed by atoms with E-state index in [1.807, 2.05) is 25.2 Å². The summed E-state index contributed by atoms with van der Waals surface area (Å²) in [6, 6.07) is 19.3. The molecule has 0 saturated heterocycles. The molecule has 1 amide bonds. The van der Waals surface area contributed by atoms with Crippen molar-refractivity contribution in [2.24, 2.45) is 0 Å². The van der Waals surface area contributed by atoms with Gasteiger partial charge in [0.1, 0.15) is 12.3 Å². The van der Waals surface area contributed by atoms with E-state index in [9.17, 15) is 9.59 Å². The van der Waals surface area contributed by atoms with Gasteiger partial charge in [-0.1, -0.05) is 18.2 Å². The summed E-state index contributed by atoms with van der Waals surface area (Å²) in [4.78, 5) is 24.7. The van der Waals surface area contributed by atoms with Gasteiger partial charge in [0, 0.05) is 16.8 Å². The molecule has 3 rings (SSSR count). The summed E-state index contributed by atoms with van der Waals surface area (Å²) >= 11 is 0. The molecule has 0 heterocycles. The first-order valence-corrected chi connectivity index (χ1v) is 9.23. The third-order valence-corrected chi connectivity index (χ3v) is 4.66. The van der Waals surface area contributed by atoms with Crippen LogP contribution in [0.5, 0.6) is 5.75 Å². The second-order valence-corrected chi connectivity index (χ2v) is 7.04. The van der Waals surface area contributed by atoms with Gasteiger partial charge in [0.15, 0.2) is 12.3 Å². The summed E-state index contributed by atoms with van der Waals surface area (Å²) < 4.78 is 5.26. The number of hydrogen-bond acceptors (Lipinski definition) is 3. The summed E-state index contributed by atoms with van der Waals surface area (Å²) in [5, 5.41) is 5.17. The molecule has 0 fully saturated rings. The van der Waals surface area contributed by atoms with Crippen LogP contribution in [0.25, 0.3) is 10.8 Å². The molecule has 0 saturated carbocycles. The van der Waals surface area contributed by atoms with Gasteiger partial charge in [0.05, 0.1) is 14.2 Å². The zero-order valence-electron chi connectivity index (χ0n) is 16.4. The first-order chi connectivity index (χ1) is 13.4. The predicted octanol–water partition coefficient (Wildman–Crippen LogP) is 2.70. The van der Waals surface area contributed by atoms with Gasteiger partial charge in [-0.15, -0.1) is 0 Å². The fraction of sp³-hybridized carbons (Fsp3) is 0.217. The van der Waals surface area contributed by atoms with Crippen molar-refractivity contribution in [1.29, 1.82) is 0 Å². The van der Waals surface area contributed by atoms with Crippen molar-refractivity contribution in [2.45, 2.75) is 13.5 Å². The van der Waals surface area contributed by atoms with E-state index < -0.39 is 0 Å². The van der Waals surface area contributed by atoms with Gasteiger partial charge < -0.3 is 15.0 Å². The van der Waals surface area contributed by atoms with Gasteiger partial charge >= 0.3 is 0 Å². The Morgan fingerprint density at radius 2 is 1.64 bits per heavy atom. The Morgan fingerprint density at radius 3 is 2.32 bits per heavy atom. The SMILES string of the molecule is COc1ccc2cc(C[NH+](C)CC(=O)Nc3ccc(C(C)=O)cc3)ccc2c1. The van der Waals surface area contributed by atoms with E-state index in [0.717, 1.165) is 28.0 Å². The summed E-state index contributed by atoms with van der Waals surface area (Å²) in [7, 11) is 3.66. The maximum Gasteiger partial charge on any atom is 0.279 e. The normalized spacial score (nSPS) is 11.8. The number of fused-ring (bicyclic) bond motifs is 1. The lowest BCUT2D eigenvalue weighted by Crippen LogP contribution is -3.08. The first kappa shape index (κ1) is 19.6. The topological polar surface area (TPSA) is 59.8 Å². The average molecular weight is 377 g/mol. The molecule has 0 bridgehead atoms. The molecule has 0 spiro atoms. The Balaban J connectivity index is 1.58. The molecular formula is C23H25N2O3+. The molecule has 144 valence electrons. The van der Waals surface area contributed by atoms with Crippen LogP contribution in [0.4, 0.5) is 5.69 Å². The highest BCUT2D eigenvalue weighted by Crippen LogP contribution is 2.21. The van der Waals surface area contributed by atoms with Gasteiger partial charge in [-0.2, -0.15) is 0 Å². The lowest BCUT2D eigenvalue weighted by atomic mass is 10.1. The number of rotatable bonds is 7. The number of nitrogens with one attached hydrogen (secondary N) is 2. The molecule has 0 aliphatic carbocycles. The lowest BCUT2D eigenvalue weighted by molar-refractivity contribution is -0.885. The summed E-state index contributed by atoms with van der Waals surface area (Å²) in [6.45, 7) is 2.63. The minimum atomic E-state index is -0.0569. The number of ether oxygens (including phenoxy) is 1. The van der Waals surface area contributed by atoms with Crippen molar-refractivity contribution >= 4 is 28.2 Å². The zero-order chi connectivity index (χ0) is 20.1. The maximum atomic E-state index is 12.3. The molecule has 28 heavy (non-hydrogen) atoms. The molecule has 2 N–H and O–H groups in total. The van der Waals surface area contributed by atoms with Crippen molar-refractivity contribution in [2.75, 3.05) is 26.0 Å². The zero-order valence-corrected chi connectivity index (χ0v) is 16.4. The van der Waals surface area contributed by atoms with Crippen LogP contribution in [0.2, 0.25) is 0 Å². The van der Waals surface area contributed by atoms with Gasteiger partial charge in [0.2, 0.25) is 0 Å². The van der Waals surface area contributed by atoms with Gasteiger partial charge in [-0.25, -0.2) is 0 Å². The number of anilines is 1. The predicted molar refractivity (Wildman–Crippen MR) is 111 cm³/mol. The molecule has 0 aliphatic heterocycles. The Morgan fingerprint density at radius 1 is 0.964 bits per heavy atom. The van der Waals surface area contributed by atoms with E-state index in [0.29, 0.717) is 17.8 Å². The monoisotopic (exact) mass is 377 g/mol.